The van der Waals surface area contributed by atoms with Crippen molar-refractivity contribution in [1.82, 2.24) is 15.2 Å². The molecule has 6 nitrogen and oxygen atoms in total. The van der Waals surface area contributed by atoms with Crippen LogP contribution < -0.4 is 0 Å². The number of aromatic nitrogens is 3. The highest BCUT2D eigenvalue weighted by molar-refractivity contribution is 7.20. The highest BCUT2D eigenvalue weighted by Gasteiger charge is 2.21. The highest BCUT2D eigenvalue weighted by Crippen LogP contribution is 2.29. The van der Waals surface area contributed by atoms with Crippen molar-refractivity contribution < 1.29 is 14.0 Å². The minimum Gasteiger partial charge on any atom is -0.418 e. The van der Waals surface area contributed by atoms with E-state index in [0.717, 1.165) is 21.3 Å². The summed E-state index contributed by atoms with van der Waals surface area (Å²) in [7, 11) is 0. The Balaban J connectivity index is 1.60. The first kappa shape index (κ1) is 17.2. The number of ketones is 2. The third-order valence-corrected chi connectivity index (χ3v) is 5.06. The Morgan fingerprint density at radius 1 is 1.04 bits per heavy atom. The van der Waals surface area contributed by atoms with Crippen molar-refractivity contribution in [3.63, 3.8) is 0 Å². The molecule has 7 heteroatoms. The Hall–Kier alpha value is -3.19. The van der Waals surface area contributed by atoms with E-state index in [1.54, 1.807) is 0 Å². The Labute approximate surface area is 158 Å². The van der Waals surface area contributed by atoms with Gasteiger partial charge in [0.1, 0.15) is 5.78 Å². The third-order valence-electron chi connectivity index (χ3n) is 4.04. The minimum absolute atomic E-state index is 0.0291. The summed E-state index contributed by atoms with van der Waals surface area (Å²) in [6.45, 7) is 1.49. The van der Waals surface area contributed by atoms with Gasteiger partial charge in [0, 0.05) is 12.8 Å². The van der Waals surface area contributed by atoms with Crippen LogP contribution in [0.15, 0.2) is 52.9 Å². The predicted molar refractivity (Wildman–Crippen MR) is 102 cm³/mol. The number of aryl methyl sites for hydroxylation is 1. The second kappa shape index (κ2) is 7.20. The van der Waals surface area contributed by atoms with E-state index in [0.29, 0.717) is 17.8 Å². The lowest BCUT2D eigenvalue weighted by Gasteiger charge is -2.00. The average Bonchev–Trinajstić information content (AvgIpc) is 3.33. The first-order valence-electron chi connectivity index (χ1n) is 8.42. The summed E-state index contributed by atoms with van der Waals surface area (Å²) < 4.78 is 6.29. The standard InChI is InChI=1S/C20H15N3O3S/c1-12(24)7-10-17-22-23-19(26-17)18(25)20-21-15-9-8-14(11-16(15)27-20)13-5-3-2-4-6-13/h2-6,8-9,11H,7,10H2,1H3. The van der Waals surface area contributed by atoms with Gasteiger partial charge in [-0.15, -0.1) is 21.5 Å². The number of hydrogen-bond donors (Lipinski definition) is 0. The molecule has 2 heterocycles. The zero-order valence-electron chi connectivity index (χ0n) is 14.5. The Kier molecular flexibility index (Phi) is 4.60. The van der Waals surface area contributed by atoms with Crippen LogP contribution in [-0.4, -0.2) is 26.7 Å². The van der Waals surface area contributed by atoms with Crippen molar-refractivity contribution in [2.24, 2.45) is 0 Å². The van der Waals surface area contributed by atoms with Crippen LogP contribution in [0.3, 0.4) is 0 Å². The number of carbonyl (C=O) groups excluding carboxylic acids is 2. The van der Waals surface area contributed by atoms with Crippen molar-refractivity contribution in [2.75, 3.05) is 0 Å². The number of fused-ring (bicyclic) bond motifs is 1. The Morgan fingerprint density at radius 3 is 2.63 bits per heavy atom. The zero-order valence-corrected chi connectivity index (χ0v) is 15.3. The second-order valence-corrected chi connectivity index (χ2v) is 7.13. The molecule has 0 radical (unpaired) electrons. The number of hydrogen-bond acceptors (Lipinski definition) is 7. The minimum atomic E-state index is -0.404. The molecule has 27 heavy (non-hydrogen) atoms. The van der Waals surface area contributed by atoms with Crippen LogP contribution in [-0.2, 0) is 11.2 Å². The normalized spacial score (nSPS) is 11.0. The lowest BCUT2D eigenvalue weighted by Crippen LogP contribution is -2.00. The fourth-order valence-electron chi connectivity index (χ4n) is 2.65. The van der Waals surface area contributed by atoms with Crippen LogP contribution >= 0.6 is 11.3 Å². The molecule has 0 spiro atoms. The van der Waals surface area contributed by atoms with Crippen LogP contribution in [0.1, 0.15) is 34.9 Å². The summed E-state index contributed by atoms with van der Waals surface area (Å²) in [6, 6.07) is 15.9. The fourth-order valence-corrected chi connectivity index (χ4v) is 3.59. The van der Waals surface area contributed by atoms with Gasteiger partial charge >= 0.3 is 0 Å². The van der Waals surface area contributed by atoms with Gasteiger partial charge in [0.25, 0.3) is 11.7 Å². The quantitative estimate of drug-likeness (QED) is 0.470. The number of rotatable bonds is 6. The molecule has 0 fully saturated rings. The maximum absolute atomic E-state index is 12.6. The lowest BCUT2D eigenvalue weighted by atomic mass is 10.1. The van der Waals surface area contributed by atoms with E-state index < -0.39 is 5.78 Å². The molecule has 0 saturated carbocycles. The summed E-state index contributed by atoms with van der Waals surface area (Å²) in [6.07, 6.45) is 0.634. The zero-order chi connectivity index (χ0) is 18.8. The Bertz CT molecular complexity index is 1130. The molecule has 4 aromatic rings. The van der Waals surface area contributed by atoms with E-state index in [9.17, 15) is 9.59 Å². The van der Waals surface area contributed by atoms with Gasteiger partial charge in [0.2, 0.25) is 5.89 Å². The van der Waals surface area contributed by atoms with Crippen molar-refractivity contribution in [3.8, 4) is 11.1 Å². The summed E-state index contributed by atoms with van der Waals surface area (Å²) in [5.41, 5.74) is 2.92. The van der Waals surface area contributed by atoms with Crippen LogP contribution in [0.2, 0.25) is 0 Å². The van der Waals surface area contributed by atoms with Crippen LogP contribution in [0.5, 0.6) is 0 Å². The van der Waals surface area contributed by atoms with Crippen molar-refractivity contribution in [3.05, 3.63) is 65.3 Å². The van der Waals surface area contributed by atoms with Gasteiger partial charge in [-0.3, -0.25) is 4.79 Å². The highest BCUT2D eigenvalue weighted by atomic mass is 32.1. The monoisotopic (exact) mass is 377 g/mol. The summed E-state index contributed by atoms with van der Waals surface area (Å²) in [5, 5.41) is 7.93. The van der Waals surface area contributed by atoms with Gasteiger partial charge in [0.15, 0.2) is 5.01 Å². The van der Waals surface area contributed by atoms with Gasteiger partial charge in [-0.2, -0.15) is 0 Å². The fraction of sp³-hybridized carbons (Fsp3) is 0.150. The van der Waals surface area contributed by atoms with E-state index in [4.69, 9.17) is 4.42 Å². The van der Waals surface area contributed by atoms with Gasteiger partial charge in [-0.1, -0.05) is 36.4 Å². The molecule has 0 saturated heterocycles. The molecule has 0 unspecified atom stereocenters. The topological polar surface area (TPSA) is 86.0 Å². The van der Waals surface area contributed by atoms with E-state index in [1.165, 1.54) is 18.3 Å². The average molecular weight is 377 g/mol. The first-order chi connectivity index (χ1) is 13.1. The molecule has 0 aliphatic carbocycles. The molecule has 134 valence electrons. The Morgan fingerprint density at radius 2 is 1.85 bits per heavy atom. The third kappa shape index (κ3) is 3.68. The van der Waals surface area contributed by atoms with E-state index in [2.05, 4.69) is 15.2 Å². The molecule has 4 rings (SSSR count). The number of benzene rings is 2. The molecule has 0 aliphatic rings. The van der Waals surface area contributed by atoms with Crippen molar-refractivity contribution in [1.29, 1.82) is 0 Å². The summed E-state index contributed by atoms with van der Waals surface area (Å²) in [5.74, 6) is -0.197. The van der Waals surface area contributed by atoms with Gasteiger partial charge in [0.05, 0.1) is 10.2 Å². The predicted octanol–water partition coefficient (Wildman–Crippen LogP) is 4.10. The molecular weight excluding hydrogens is 362 g/mol. The maximum Gasteiger partial charge on any atom is 0.291 e. The van der Waals surface area contributed by atoms with E-state index in [1.807, 2.05) is 48.5 Å². The second-order valence-electron chi connectivity index (χ2n) is 6.10. The largest absolute Gasteiger partial charge is 0.418 e. The molecule has 0 aliphatic heterocycles. The first-order valence-corrected chi connectivity index (χ1v) is 9.24. The lowest BCUT2D eigenvalue weighted by molar-refractivity contribution is -0.117. The van der Waals surface area contributed by atoms with Gasteiger partial charge in [-0.25, -0.2) is 4.98 Å². The summed E-state index contributed by atoms with van der Waals surface area (Å²) >= 11 is 1.29. The van der Waals surface area contributed by atoms with Crippen molar-refractivity contribution in [2.45, 2.75) is 19.8 Å². The molecule has 0 N–H and O–H groups in total. The number of thiazole rings is 1. The van der Waals surface area contributed by atoms with E-state index >= 15 is 0 Å². The van der Waals surface area contributed by atoms with E-state index in [-0.39, 0.29) is 17.6 Å². The SMILES string of the molecule is CC(=O)CCc1nnc(C(=O)c2nc3ccc(-c4ccccc4)cc3s2)o1. The van der Waals surface area contributed by atoms with Crippen LogP contribution in [0.25, 0.3) is 21.3 Å². The maximum atomic E-state index is 12.6. The molecule has 0 amide bonds. The molecule has 0 atom stereocenters. The molecule has 0 bridgehead atoms. The summed E-state index contributed by atoms with van der Waals surface area (Å²) in [4.78, 5) is 28.0. The molecule has 2 aromatic carbocycles. The molecule has 2 aromatic heterocycles. The number of Topliss-reactive ketones (excluding diaryl/α,β-unsaturated/α-hetero) is 1. The van der Waals surface area contributed by atoms with Crippen molar-refractivity contribution >= 4 is 33.1 Å². The van der Waals surface area contributed by atoms with Crippen LogP contribution in [0.4, 0.5) is 0 Å². The van der Waals surface area contributed by atoms with Gasteiger partial charge in [-0.05, 0) is 30.2 Å². The van der Waals surface area contributed by atoms with Gasteiger partial charge < -0.3 is 9.21 Å². The smallest absolute Gasteiger partial charge is 0.291 e. The van der Waals surface area contributed by atoms with Crippen LogP contribution in [0, 0.1) is 0 Å². The number of carbonyl (C=O) groups is 2. The molecular formula is C20H15N3O3S. The number of nitrogens with zero attached hydrogens (tertiary/aromatic N) is 3.